The van der Waals surface area contributed by atoms with E-state index in [1.54, 1.807) is 17.2 Å². The summed E-state index contributed by atoms with van der Waals surface area (Å²) in [4.78, 5) is 28.4. The third-order valence-electron chi connectivity index (χ3n) is 3.55. The number of nitrogens with zero attached hydrogens (tertiary/aromatic N) is 1. The number of Topliss-reactive ketones (excluding diaryl/α,β-unsaturated/α-hetero) is 1. The third kappa shape index (κ3) is 4.87. The number of hydrogen-bond acceptors (Lipinski definition) is 4. The molecule has 1 aromatic rings. The van der Waals surface area contributed by atoms with E-state index in [-0.39, 0.29) is 11.9 Å². The van der Waals surface area contributed by atoms with E-state index in [0.29, 0.717) is 31.2 Å². The number of hydrogen-bond donors (Lipinski definition) is 2. The highest BCUT2D eigenvalue weighted by Gasteiger charge is 2.29. The molecule has 0 saturated carbocycles. The van der Waals surface area contributed by atoms with Crippen LogP contribution < -0.4 is 5.32 Å². The molecule has 2 N–H and O–H groups in total. The highest BCUT2D eigenvalue weighted by Crippen LogP contribution is 2.18. The van der Waals surface area contributed by atoms with E-state index < -0.39 is 5.60 Å². The zero-order valence-electron chi connectivity index (χ0n) is 13.5. The molecule has 6 heteroatoms. The Kier molecular flexibility index (Phi) is 5.24. The lowest BCUT2D eigenvalue weighted by atomic mass is 10.1. The second-order valence-electron chi connectivity index (χ2n) is 6.72. The zero-order chi connectivity index (χ0) is 16.2. The summed E-state index contributed by atoms with van der Waals surface area (Å²) in [5.41, 5.74) is 0.157. The van der Waals surface area contributed by atoms with E-state index in [1.165, 1.54) is 0 Å². The molecule has 0 radical (unpaired) electrons. The zero-order valence-corrected chi connectivity index (χ0v) is 13.5. The Labute approximate surface area is 131 Å². The summed E-state index contributed by atoms with van der Waals surface area (Å²) in [6.45, 7) is 8.03. The third-order valence-corrected chi connectivity index (χ3v) is 3.55. The van der Waals surface area contributed by atoms with Crippen LogP contribution in [0.2, 0.25) is 0 Å². The van der Waals surface area contributed by atoms with Crippen LogP contribution in [0.1, 0.15) is 37.7 Å². The maximum absolute atomic E-state index is 12.0. The lowest BCUT2D eigenvalue weighted by Crippen LogP contribution is -2.36. The van der Waals surface area contributed by atoms with Crippen LogP contribution in [0.5, 0.6) is 0 Å². The predicted molar refractivity (Wildman–Crippen MR) is 83.9 cm³/mol. The summed E-state index contributed by atoms with van der Waals surface area (Å²) in [5.74, 6) is 0.413. The molecule has 0 unspecified atom stereocenters. The minimum absolute atomic E-state index is 0.0481. The number of rotatable bonds is 5. The van der Waals surface area contributed by atoms with Crippen molar-refractivity contribution in [1.82, 2.24) is 15.2 Å². The minimum Gasteiger partial charge on any atom is -0.444 e. The summed E-state index contributed by atoms with van der Waals surface area (Å²) in [5, 5.41) is 3.17. The molecule has 0 bridgehead atoms. The molecule has 0 aromatic carbocycles. The molecule has 22 heavy (non-hydrogen) atoms. The van der Waals surface area contributed by atoms with Crippen molar-refractivity contribution < 1.29 is 14.3 Å². The first kappa shape index (κ1) is 16.5. The first-order chi connectivity index (χ1) is 10.3. The smallest absolute Gasteiger partial charge is 0.410 e. The van der Waals surface area contributed by atoms with E-state index in [1.807, 2.05) is 26.8 Å². The highest BCUT2D eigenvalue weighted by molar-refractivity contribution is 5.95. The van der Waals surface area contributed by atoms with Gasteiger partial charge in [-0.1, -0.05) is 0 Å². The molecule has 6 nitrogen and oxygen atoms in total. The van der Waals surface area contributed by atoms with Crippen LogP contribution in [0, 0.1) is 5.92 Å². The normalized spacial score (nSPS) is 18.5. The largest absolute Gasteiger partial charge is 0.444 e. The molecule has 1 amide bonds. The van der Waals surface area contributed by atoms with Gasteiger partial charge in [0.05, 0.1) is 12.2 Å². The van der Waals surface area contributed by atoms with Gasteiger partial charge in [-0.2, -0.15) is 0 Å². The van der Waals surface area contributed by atoms with Gasteiger partial charge in [-0.15, -0.1) is 0 Å². The van der Waals surface area contributed by atoms with Crippen LogP contribution in [-0.4, -0.2) is 53.5 Å². The van der Waals surface area contributed by atoms with E-state index in [4.69, 9.17) is 4.74 Å². The van der Waals surface area contributed by atoms with Gasteiger partial charge in [0.25, 0.3) is 0 Å². The number of carbonyl (C=O) groups excluding carboxylic acids is 2. The molecular formula is C16H25N3O3. The van der Waals surface area contributed by atoms with Gasteiger partial charge in [0.1, 0.15) is 5.60 Å². The fourth-order valence-electron chi connectivity index (χ4n) is 2.48. The number of ketones is 1. The van der Waals surface area contributed by atoms with Gasteiger partial charge in [0.15, 0.2) is 5.78 Å². The lowest BCUT2D eigenvalue weighted by molar-refractivity contribution is 0.0288. The van der Waals surface area contributed by atoms with Crippen molar-refractivity contribution in [2.75, 3.05) is 26.2 Å². The first-order valence-electron chi connectivity index (χ1n) is 7.70. The molecule has 1 atom stereocenters. The molecule has 1 fully saturated rings. The quantitative estimate of drug-likeness (QED) is 0.816. The maximum Gasteiger partial charge on any atom is 0.410 e. The summed E-state index contributed by atoms with van der Waals surface area (Å²) < 4.78 is 5.37. The monoisotopic (exact) mass is 307 g/mol. The van der Waals surface area contributed by atoms with Crippen LogP contribution in [0.3, 0.4) is 0 Å². The van der Waals surface area contributed by atoms with Crippen molar-refractivity contribution in [3.05, 3.63) is 24.0 Å². The maximum atomic E-state index is 12.0. The summed E-state index contributed by atoms with van der Waals surface area (Å²) in [6.07, 6.45) is 2.42. The van der Waals surface area contributed by atoms with Crippen molar-refractivity contribution >= 4 is 11.9 Å². The molecule has 1 aliphatic rings. The second-order valence-corrected chi connectivity index (χ2v) is 6.72. The topological polar surface area (TPSA) is 74.4 Å². The van der Waals surface area contributed by atoms with Gasteiger partial charge < -0.3 is 19.9 Å². The van der Waals surface area contributed by atoms with E-state index in [0.717, 1.165) is 13.0 Å². The number of nitrogens with one attached hydrogen (secondary N) is 2. The molecule has 0 spiro atoms. The Hall–Kier alpha value is -1.82. The van der Waals surface area contributed by atoms with Gasteiger partial charge in [-0.25, -0.2) is 4.79 Å². The molecule has 2 heterocycles. The van der Waals surface area contributed by atoms with Crippen molar-refractivity contribution in [3.63, 3.8) is 0 Å². The number of aromatic amines is 1. The SMILES string of the molecule is CC(C)(C)OC(=O)N1CC[C@@H](CNCC(=O)c2ccc[nH]2)C1. The lowest BCUT2D eigenvalue weighted by Gasteiger charge is -2.24. The molecule has 1 aliphatic heterocycles. The predicted octanol–water partition coefficient (Wildman–Crippen LogP) is 2.04. The number of carbonyl (C=O) groups is 2. The van der Waals surface area contributed by atoms with Crippen molar-refractivity contribution in [1.29, 1.82) is 0 Å². The number of aromatic nitrogens is 1. The number of likely N-dealkylation sites (tertiary alicyclic amines) is 1. The molecule has 122 valence electrons. The fourth-order valence-corrected chi connectivity index (χ4v) is 2.48. The van der Waals surface area contributed by atoms with E-state index in [9.17, 15) is 9.59 Å². The highest BCUT2D eigenvalue weighted by atomic mass is 16.6. The number of amides is 1. The average Bonchev–Trinajstić information content (AvgIpc) is 3.08. The van der Waals surface area contributed by atoms with Crippen LogP contribution >= 0.6 is 0 Å². The summed E-state index contributed by atoms with van der Waals surface area (Å²) in [6, 6.07) is 3.58. The molecule has 1 aromatic heterocycles. The van der Waals surface area contributed by atoms with Gasteiger partial charge in [0.2, 0.25) is 0 Å². The Morgan fingerprint density at radius 1 is 1.45 bits per heavy atom. The van der Waals surface area contributed by atoms with Gasteiger partial charge >= 0.3 is 6.09 Å². The molecule has 0 aliphatic carbocycles. The van der Waals surface area contributed by atoms with Crippen LogP contribution in [0.25, 0.3) is 0 Å². The second kappa shape index (κ2) is 6.96. The Balaban J connectivity index is 1.68. The van der Waals surface area contributed by atoms with Gasteiger partial charge in [-0.05, 0) is 45.2 Å². The molecule has 2 rings (SSSR count). The number of ether oxygens (including phenoxy) is 1. The van der Waals surface area contributed by atoms with Crippen molar-refractivity contribution in [3.8, 4) is 0 Å². The molecular weight excluding hydrogens is 282 g/mol. The Morgan fingerprint density at radius 3 is 2.86 bits per heavy atom. The summed E-state index contributed by atoms with van der Waals surface area (Å²) >= 11 is 0. The average molecular weight is 307 g/mol. The minimum atomic E-state index is -0.462. The standard InChI is InChI=1S/C16H25N3O3/c1-16(2,3)22-15(21)19-8-6-12(11-19)9-17-10-14(20)13-5-4-7-18-13/h4-5,7,12,17-18H,6,8-11H2,1-3H3/t12-/m0/s1. The number of H-pyrrole nitrogens is 1. The summed E-state index contributed by atoms with van der Waals surface area (Å²) in [7, 11) is 0. The van der Waals surface area contributed by atoms with Crippen LogP contribution in [0.4, 0.5) is 4.79 Å². The van der Waals surface area contributed by atoms with Gasteiger partial charge in [0, 0.05) is 25.8 Å². The first-order valence-corrected chi connectivity index (χ1v) is 7.70. The van der Waals surface area contributed by atoms with Crippen molar-refractivity contribution in [2.45, 2.75) is 32.8 Å². The Bertz CT molecular complexity index is 505. The molecule has 1 saturated heterocycles. The van der Waals surface area contributed by atoms with E-state index in [2.05, 4.69) is 10.3 Å². The van der Waals surface area contributed by atoms with E-state index >= 15 is 0 Å². The van der Waals surface area contributed by atoms with Crippen LogP contribution in [-0.2, 0) is 4.74 Å². The fraction of sp³-hybridized carbons (Fsp3) is 0.625. The van der Waals surface area contributed by atoms with Crippen molar-refractivity contribution in [2.24, 2.45) is 5.92 Å². The Morgan fingerprint density at radius 2 is 2.23 bits per heavy atom. The van der Waals surface area contributed by atoms with Crippen LogP contribution in [0.15, 0.2) is 18.3 Å². The van der Waals surface area contributed by atoms with Gasteiger partial charge in [-0.3, -0.25) is 4.79 Å².